The number of aromatic nitrogens is 3. The number of hydrogen-bond donors (Lipinski definition) is 1. The maximum Gasteiger partial charge on any atom is 0.337 e. The number of aromatic carboxylic acids is 1. The lowest BCUT2D eigenvalue weighted by molar-refractivity contribution is 0.0697. The van der Waals surface area contributed by atoms with Crippen LogP contribution in [0.3, 0.4) is 0 Å². The SMILES string of the molecule is Cc1nn(C)c(Cl)c1Cn1ccc(C(=O)O)c1. The average Bonchev–Trinajstić information content (AvgIpc) is 2.80. The average molecular weight is 254 g/mol. The van der Waals surface area contributed by atoms with Gasteiger partial charge in [0.2, 0.25) is 0 Å². The van der Waals surface area contributed by atoms with Crippen LogP contribution in [-0.2, 0) is 13.6 Å². The van der Waals surface area contributed by atoms with Crippen LogP contribution in [0.1, 0.15) is 21.6 Å². The van der Waals surface area contributed by atoms with Crippen LogP contribution in [0.5, 0.6) is 0 Å². The first-order valence-corrected chi connectivity index (χ1v) is 5.44. The Morgan fingerprint density at radius 1 is 1.59 bits per heavy atom. The van der Waals surface area contributed by atoms with E-state index in [0.29, 0.717) is 11.7 Å². The highest BCUT2D eigenvalue weighted by Crippen LogP contribution is 2.20. The number of halogens is 1. The van der Waals surface area contributed by atoms with Gasteiger partial charge in [-0.15, -0.1) is 0 Å². The minimum Gasteiger partial charge on any atom is -0.478 e. The van der Waals surface area contributed by atoms with Gasteiger partial charge in [-0.3, -0.25) is 4.68 Å². The number of carbonyl (C=O) groups is 1. The lowest BCUT2D eigenvalue weighted by Gasteiger charge is -2.02. The number of nitrogens with zero attached hydrogens (tertiary/aromatic N) is 3. The molecule has 6 heteroatoms. The molecule has 0 unspecified atom stereocenters. The summed E-state index contributed by atoms with van der Waals surface area (Å²) >= 11 is 6.10. The number of carboxylic acids is 1. The molecule has 5 nitrogen and oxygen atoms in total. The van der Waals surface area contributed by atoms with Crippen LogP contribution in [0.4, 0.5) is 0 Å². The van der Waals surface area contributed by atoms with Crippen LogP contribution in [0.15, 0.2) is 18.5 Å². The molecule has 0 saturated carbocycles. The summed E-state index contributed by atoms with van der Waals surface area (Å²) < 4.78 is 3.38. The Balaban J connectivity index is 2.28. The van der Waals surface area contributed by atoms with Crippen molar-refractivity contribution in [2.45, 2.75) is 13.5 Å². The molecule has 0 amide bonds. The van der Waals surface area contributed by atoms with Gasteiger partial charge in [0.15, 0.2) is 0 Å². The molecule has 2 aromatic rings. The zero-order chi connectivity index (χ0) is 12.6. The number of aryl methyl sites for hydroxylation is 2. The summed E-state index contributed by atoms with van der Waals surface area (Å²) in [5, 5.41) is 13.6. The Labute approximate surface area is 103 Å². The quantitative estimate of drug-likeness (QED) is 0.909. The van der Waals surface area contributed by atoms with Crippen molar-refractivity contribution in [3.05, 3.63) is 40.4 Å². The van der Waals surface area contributed by atoms with Gasteiger partial charge in [-0.1, -0.05) is 11.6 Å². The zero-order valence-corrected chi connectivity index (χ0v) is 10.3. The molecule has 0 atom stereocenters. The van der Waals surface area contributed by atoms with Crippen molar-refractivity contribution in [3.63, 3.8) is 0 Å². The monoisotopic (exact) mass is 253 g/mol. The third-order valence-corrected chi connectivity index (χ3v) is 3.08. The maximum absolute atomic E-state index is 10.7. The van der Waals surface area contributed by atoms with Crippen LogP contribution in [0.25, 0.3) is 0 Å². The smallest absolute Gasteiger partial charge is 0.337 e. The van der Waals surface area contributed by atoms with E-state index in [-0.39, 0.29) is 5.56 Å². The summed E-state index contributed by atoms with van der Waals surface area (Å²) in [4.78, 5) is 10.7. The highest BCUT2D eigenvalue weighted by atomic mass is 35.5. The molecule has 17 heavy (non-hydrogen) atoms. The van der Waals surface area contributed by atoms with Crippen molar-refractivity contribution in [1.29, 1.82) is 0 Å². The van der Waals surface area contributed by atoms with Gasteiger partial charge in [0.05, 0.1) is 17.8 Å². The molecule has 0 spiro atoms. The van der Waals surface area contributed by atoms with E-state index in [1.807, 2.05) is 6.92 Å². The third-order valence-electron chi connectivity index (χ3n) is 2.61. The Bertz CT molecular complexity index is 571. The van der Waals surface area contributed by atoms with Crippen molar-refractivity contribution in [1.82, 2.24) is 14.3 Å². The van der Waals surface area contributed by atoms with Gasteiger partial charge < -0.3 is 9.67 Å². The van der Waals surface area contributed by atoms with E-state index in [2.05, 4.69) is 5.10 Å². The van der Waals surface area contributed by atoms with Crippen LogP contribution in [0.2, 0.25) is 5.15 Å². The molecule has 0 aliphatic carbocycles. The fourth-order valence-electron chi connectivity index (χ4n) is 1.70. The van der Waals surface area contributed by atoms with Crippen molar-refractivity contribution in [2.75, 3.05) is 0 Å². The number of hydrogen-bond acceptors (Lipinski definition) is 2. The lowest BCUT2D eigenvalue weighted by Crippen LogP contribution is -1.99. The summed E-state index contributed by atoms with van der Waals surface area (Å²) in [6.07, 6.45) is 3.29. The van der Waals surface area contributed by atoms with E-state index in [0.717, 1.165) is 11.3 Å². The van der Waals surface area contributed by atoms with Crippen LogP contribution >= 0.6 is 11.6 Å². The highest BCUT2D eigenvalue weighted by molar-refractivity contribution is 6.30. The Hall–Kier alpha value is -1.75. The zero-order valence-electron chi connectivity index (χ0n) is 9.51. The fourth-order valence-corrected chi connectivity index (χ4v) is 1.94. The summed E-state index contributed by atoms with van der Waals surface area (Å²) in [5.41, 5.74) is 2.02. The predicted molar refractivity (Wildman–Crippen MR) is 63.4 cm³/mol. The van der Waals surface area contributed by atoms with Crippen LogP contribution in [0, 0.1) is 6.92 Å². The molecule has 0 aromatic carbocycles. The molecule has 0 aliphatic rings. The van der Waals surface area contributed by atoms with E-state index in [4.69, 9.17) is 16.7 Å². The Kier molecular flexibility index (Phi) is 2.93. The van der Waals surface area contributed by atoms with Gasteiger partial charge in [0.1, 0.15) is 5.15 Å². The highest BCUT2D eigenvalue weighted by Gasteiger charge is 2.12. The predicted octanol–water partition coefficient (Wildman–Crippen LogP) is 1.93. The molecule has 0 aliphatic heterocycles. The van der Waals surface area contributed by atoms with E-state index < -0.39 is 5.97 Å². The minimum atomic E-state index is -0.933. The maximum atomic E-state index is 10.7. The van der Waals surface area contributed by atoms with Gasteiger partial charge >= 0.3 is 5.97 Å². The number of carboxylic acid groups (broad SMARTS) is 1. The van der Waals surface area contributed by atoms with Gasteiger partial charge in [0.25, 0.3) is 0 Å². The first-order chi connectivity index (χ1) is 7.99. The first kappa shape index (κ1) is 11.7. The van der Waals surface area contributed by atoms with Crippen molar-refractivity contribution in [2.24, 2.45) is 7.05 Å². The van der Waals surface area contributed by atoms with E-state index in [1.54, 1.807) is 34.8 Å². The summed E-state index contributed by atoms with van der Waals surface area (Å²) in [7, 11) is 1.77. The third kappa shape index (κ3) is 2.19. The summed E-state index contributed by atoms with van der Waals surface area (Å²) in [5.74, 6) is -0.933. The number of rotatable bonds is 3. The molecule has 1 N–H and O–H groups in total. The lowest BCUT2D eigenvalue weighted by atomic mass is 10.2. The van der Waals surface area contributed by atoms with Crippen molar-refractivity contribution in [3.8, 4) is 0 Å². The molecule has 2 aromatic heterocycles. The molecule has 0 fully saturated rings. The van der Waals surface area contributed by atoms with Crippen molar-refractivity contribution < 1.29 is 9.90 Å². The molecule has 2 rings (SSSR count). The Morgan fingerprint density at radius 2 is 2.29 bits per heavy atom. The molecule has 90 valence electrons. The van der Waals surface area contributed by atoms with Crippen LogP contribution in [-0.4, -0.2) is 25.4 Å². The minimum absolute atomic E-state index is 0.266. The van der Waals surface area contributed by atoms with E-state index >= 15 is 0 Å². The molecular weight excluding hydrogens is 242 g/mol. The standard InChI is InChI=1S/C11H12ClN3O2/c1-7-9(10(12)14(2)13-7)6-15-4-3-8(5-15)11(16)17/h3-5H,6H2,1-2H3,(H,16,17). The second-order valence-electron chi connectivity index (χ2n) is 3.86. The van der Waals surface area contributed by atoms with Crippen molar-refractivity contribution >= 4 is 17.6 Å². The van der Waals surface area contributed by atoms with Gasteiger partial charge in [-0.25, -0.2) is 4.79 Å². The van der Waals surface area contributed by atoms with Gasteiger partial charge in [-0.05, 0) is 13.0 Å². The largest absolute Gasteiger partial charge is 0.478 e. The van der Waals surface area contributed by atoms with Gasteiger partial charge in [0, 0.05) is 25.0 Å². The normalized spacial score (nSPS) is 10.8. The molecule has 2 heterocycles. The molecule has 0 saturated heterocycles. The summed E-state index contributed by atoms with van der Waals surface area (Å²) in [6.45, 7) is 2.40. The molecular formula is C11H12ClN3O2. The van der Waals surface area contributed by atoms with Gasteiger partial charge in [-0.2, -0.15) is 5.10 Å². The molecule has 0 bridgehead atoms. The molecule has 0 radical (unpaired) electrons. The van der Waals surface area contributed by atoms with Crippen LogP contribution < -0.4 is 0 Å². The fraction of sp³-hybridized carbons (Fsp3) is 0.273. The first-order valence-electron chi connectivity index (χ1n) is 5.06. The Morgan fingerprint density at radius 3 is 2.76 bits per heavy atom. The van der Waals surface area contributed by atoms with E-state index in [9.17, 15) is 4.79 Å². The summed E-state index contributed by atoms with van der Waals surface area (Å²) in [6, 6.07) is 1.56. The van der Waals surface area contributed by atoms with E-state index in [1.165, 1.54) is 0 Å². The second kappa shape index (κ2) is 4.25. The second-order valence-corrected chi connectivity index (χ2v) is 4.21. The topological polar surface area (TPSA) is 60.0 Å².